The number of ether oxygens (including phenoxy) is 1. The molecule has 0 aliphatic rings. The van der Waals surface area contributed by atoms with Crippen LogP contribution in [0.4, 0.5) is 32.4 Å². The third-order valence-electron chi connectivity index (χ3n) is 5.61. The molecule has 3 aromatic rings. The Hall–Kier alpha value is -4.96. The number of hydrogen-bond acceptors (Lipinski definition) is 6. The molecular weight excluding hydrogens is 575 g/mol. The van der Waals surface area contributed by atoms with Gasteiger partial charge in [-0.05, 0) is 31.1 Å². The molecule has 2 heterocycles. The van der Waals surface area contributed by atoms with Crippen LogP contribution in [0.1, 0.15) is 18.7 Å². The van der Waals surface area contributed by atoms with Gasteiger partial charge in [0.2, 0.25) is 11.8 Å². The summed E-state index contributed by atoms with van der Waals surface area (Å²) in [6, 6.07) is 2.64. The van der Waals surface area contributed by atoms with E-state index in [0.29, 0.717) is 6.07 Å². The maximum absolute atomic E-state index is 13.9. The van der Waals surface area contributed by atoms with Crippen LogP contribution < -0.4 is 20.9 Å². The highest BCUT2D eigenvalue weighted by Gasteiger charge is 2.44. The molecule has 1 unspecified atom stereocenters. The Labute approximate surface area is 233 Å². The van der Waals surface area contributed by atoms with Gasteiger partial charge in [-0.1, -0.05) is 6.08 Å². The topological polar surface area (TPSA) is 159 Å². The number of amides is 3. The van der Waals surface area contributed by atoms with E-state index in [1.54, 1.807) is 14.1 Å². The molecule has 1 atom stereocenters. The molecule has 4 N–H and O–H groups in total. The lowest BCUT2D eigenvalue weighted by atomic mass is 10.1. The Bertz CT molecular complexity index is 1550. The van der Waals surface area contributed by atoms with Gasteiger partial charge in [0.05, 0.1) is 12.1 Å². The molecule has 12 nitrogen and oxygen atoms in total. The lowest BCUT2D eigenvalue weighted by Crippen LogP contribution is -2.44. The fourth-order valence-electron chi connectivity index (χ4n) is 3.60. The number of pyridine rings is 1. The summed E-state index contributed by atoms with van der Waals surface area (Å²) in [5.74, 6) is -3.26. The molecule has 17 heteroatoms. The summed E-state index contributed by atoms with van der Waals surface area (Å²) in [4.78, 5) is 56.5. The van der Waals surface area contributed by atoms with Gasteiger partial charge in [-0.3, -0.25) is 14.4 Å². The summed E-state index contributed by atoms with van der Waals surface area (Å²) >= 11 is 0. The zero-order valence-electron chi connectivity index (χ0n) is 22.0. The van der Waals surface area contributed by atoms with Gasteiger partial charge in [0.1, 0.15) is 28.9 Å². The first kappa shape index (κ1) is 31.6. The number of fused-ring (bicyclic) bond motifs is 1. The molecule has 226 valence electrons. The number of carbonyl (C=O) groups is 3. The van der Waals surface area contributed by atoms with Gasteiger partial charge in [0.15, 0.2) is 5.75 Å². The molecule has 0 fully saturated rings. The van der Waals surface area contributed by atoms with Crippen molar-refractivity contribution >= 4 is 34.6 Å². The summed E-state index contributed by atoms with van der Waals surface area (Å²) in [6.45, 7) is -0.356. The van der Waals surface area contributed by atoms with Crippen molar-refractivity contribution < 1.29 is 46.2 Å². The molecule has 0 radical (unpaired) electrons. The minimum absolute atomic E-state index is 0.0408. The fourth-order valence-corrected chi connectivity index (χ4v) is 3.60. The van der Waals surface area contributed by atoms with Gasteiger partial charge < -0.3 is 34.9 Å². The summed E-state index contributed by atoms with van der Waals surface area (Å²) in [5, 5.41) is 13.5. The normalized spacial score (nSPS) is 12.5. The molecule has 0 aliphatic carbocycles. The third-order valence-corrected chi connectivity index (χ3v) is 5.61. The van der Waals surface area contributed by atoms with Crippen LogP contribution in [0.15, 0.2) is 47.4 Å². The lowest BCUT2D eigenvalue weighted by Gasteiger charge is -2.17. The van der Waals surface area contributed by atoms with E-state index >= 15 is 0 Å². The Balaban J connectivity index is 1.80. The number of anilines is 1. The monoisotopic (exact) mass is 600 g/mol. The van der Waals surface area contributed by atoms with Crippen molar-refractivity contribution in [2.24, 2.45) is 0 Å². The first-order valence-electron chi connectivity index (χ1n) is 12.1. The van der Waals surface area contributed by atoms with E-state index < -0.39 is 47.7 Å². The van der Waals surface area contributed by atoms with E-state index in [2.05, 4.69) is 20.0 Å². The van der Waals surface area contributed by atoms with Gasteiger partial charge in [0, 0.05) is 32.4 Å². The van der Waals surface area contributed by atoms with E-state index in [1.165, 1.54) is 35.4 Å². The number of nitrogens with zero attached hydrogens (tertiary/aromatic N) is 3. The second-order valence-electron chi connectivity index (χ2n) is 9.00. The summed E-state index contributed by atoms with van der Waals surface area (Å²) in [6.07, 6.45) is -6.48. The summed E-state index contributed by atoms with van der Waals surface area (Å²) in [5.41, 5.74) is -1.59. The molecule has 0 saturated heterocycles. The zero-order chi connectivity index (χ0) is 31.2. The fraction of sp³-hybridized carbons (Fsp3) is 0.320. The summed E-state index contributed by atoms with van der Waals surface area (Å²) < 4.78 is 71.1. The van der Waals surface area contributed by atoms with E-state index in [-0.39, 0.29) is 47.8 Å². The number of aromatic nitrogens is 3. The third kappa shape index (κ3) is 8.05. The lowest BCUT2D eigenvalue weighted by molar-refractivity contribution is -0.252. The maximum atomic E-state index is 13.9. The molecule has 42 heavy (non-hydrogen) atoms. The Morgan fingerprint density at radius 1 is 1.26 bits per heavy atom. The molecule has 0 saturated carbocycles. The highest BCUT2D eigenvalue weighted by molar-refractivity contribution is 5.96. The van der Waals surface area contributed by atoms with Crippen LogP contribution in [0, 0.1) is 5.82 Å². The number of H-pyrrole nitrogens is 1. The summed E-state index contributed by atoms with van der Waals surface area (Å²) in [7, 11) is 3.08. The zero-order valence-corrected chi connectivity index (χ0v) is 22.0. The van der Waals surface area contributed by atoms with Crippen molar-refractivity contribution in [3.63, 3.8) is 0 Å². The molecule has 2 aromatic heterocycles. The second-order valence-corrected chi connectivity index (χ2v) is 9.00. The molecule has 3 rings (SSSR count). The number of nitrogens with one attached hydrogen (secondary N) is 3. The maximum Gasteiger partial charge on any atom is 0.461 e. The predicted octanol–water partition coefficient (Wildman–Crippen LogP) is 3.15. The van der Waals surface area contributed by atoms with Gasteiger partial charge in [0.25, 0.3) is 5.56 Å². The van der Waals surface area contributed by atoms with Crippen molar-refractivity contribution in [2.45, 2.75) is 38.0 Å². The smallest absolute Gasteiger partial charge is 0.461 e. The average molecular weight is 601 g/mol. The number of alkyl halides is 4. The van der Waals surface area contributed by atoms with Gasteiger partial charge in [-0.25, -0.2) is 14.2 Å². The molecule has 0 spiro atoms. The van der Waals surface area contributed by atoms with E-state index in [1.807, 2.05) is 5.32 Å². The Morgan fingerprint density at radius 2 is 1.98 bits per heavy atom. The molecule has 3 amide bonds. The molecule has 0 aliphatic heterocycles. The van der Waals surface area contributed by atoms with Crippen LogP contribution in [-0.2, 0) is 16.1 Å². The first-order valence-corrected chi connectivity index (χ1v) is 12.1. The average Bonchev–Trinajstić information content (AvgIpc) is 3.29. The number of imidazole rings is 1. The molecule has 0 bridgehead atoms. The van der Waals surface area contributed by atoms with Crippen LogP contribution in [0.5, 0.6) is 5.75 Å². The Morgan fingerprint density at radius 3 is 2.62 bits per heavy atom. The standard InChI is InChI=1S/C25H25F5N6O6/c1-35(2)19(37)8-4-3-6-14(33-24(40)41)21(38)32-15-7-5-9-36(22(15)39)12-18-31-16-10-13(26)11-17(20(16)34-18)42-25(29,30)23(27)28/h4-5,7-11,14,23,33H,3,6,12H2,1-2H3,(H,31,34)(H,32,38)(H,40,41). The van der Waals surface area contributed by atoms with Crippen LogP contribution in [-0.4, -0.2) is 75.1 Å². The van der Waals surface area contributed by atoms with E-state index in [9.17, 15) is 41.1 Å². The number of carboxylic acid groups (broad SMARTS) is 1. The van der Waals surface area contributed by atoms with Crippen molar-refractivity contribution in [3.8, 4) is 5.75 Å². The Kier molecular flexibility index (Phi) is 9.87. The largest absolute Gasteiger partial charge is 0.465 e. The predicted molar refractivity (Wildman–Crippen MR) is 138 cm³/mol. The number of carbonyl (C=O) groups excluding carboxylic acids is 2. The minimum Gasteiger partial charge on any atom is -0.465 e. The van der Waals surface area contributed by atoms with Gasteiger partial charge in [-0.2, -0.15) is 17.6 Å². The number of halogens is 5. The van der Waals surface area contributed by atoms with Crippen LogP contribution in [0.2, 0.25) is 0 Å². The second kappa shape index (κ2) is 13.1. The minimum atomic E-state index is -4.91. The number of likely N-dealkylation sites (N-methyl/N-ethyl adjacent to an activating group) is 1. The van der Waals surface area contributed by atoms with Crippen LogP contribution in [0.25, 0.3) is 11.0 Å². The van der Waals surface area contributed by atoms with Crippen LogP contribution in [0.3, 0.4) is 0 Å². The van der Waals surface area contributed by atoms with E-state index in [4.69, 9.17) is 5.11 Å². The number of allylic oxidation sites excluding steroid dienone is 1. The van der Waals surface area contributed by atoms with Crippen LogP contribution >= 0.6 is 0 Å². The SMILES string of the molecule is CN(C)C(=O)C=CCCC(NC(=O)O)C(=O)Nc1cccn(Cc2nc3cc(F)cc(OC(F)(F)C(F)F)c3[nH]2)c1=O. The molecular formula is C25H25F5N6O6. The van der Waals surface area contributed by atoms with Gasteiger partial charge in [-0.15, -0.1) is 0 Å². The van der Waals surface area contributed by atoms with E-state index in [0.717, 1.165) is 10.6 Å². The quantitative estimate of drug-likeness (QED) is 0.184. The first-order chi connectivity index (χ1) is 19.7. The molecule has 1 aromatic carbocycles. The number of rotatable bonds is 12. The van der Waals surface area contributed by atoms with Crippen molar-refractivity contribution in [1.82, 2.24) is 24.8 Å². The van der Waals surface area contributed by atoms with Gasteiger partial charge >= 0.3 is 18.6 Å². The number of aromatic amines is 1. The van der Waals surface area contributed by atoms with Crippen molar-refractivity contribution in [1.29, 1.82) is 0 Å². The number of hydrogen-bond donors (Lipinski definition) is 4. The van der Waals surface area contributed by atoms with Crippen molar-refractivity contribution in [2.75, 3.05) is 19.4 Å². The highest BCUT2D eigenvalue weighted by atomic mass is 19.3. The highest BCUT2D eigenvalue weighted by Crippen LogP contribution is 2.32. The van der Waals surface area contributed by atoms with Crippen molar-refractivity contribution in [3.05, 3.63) is 64.6 Å². The number of benzene rings is 1.